The number of aliphatic hydroxyl groups excluding tert-OH is 1. The molecule has 116 valence electrons. The van der Waals surface area contributed by atoms with E-state index >= 15 is 0 Å². The smallest absolute Gasteiger partial charge is 0.123 e. The average Bonchev–Trinajstić information content (AvgIpc) is 2.96. The highest BCUT2D eigenvalue weighted by Crippen LogP contribution is 2.30. The van der Waals surface area contributed by atoms with E-state index in [-0.39, 0.29) is 11.9 Å². The van der Waals surface area contributed by atoms with Gasteiger partial charge < -0.3 is 15.2 Å². The summed E-state index contributed by atoms with van der Waals surface area (Å²) in [5, 5.41) is 14.0. The Hall–Kier alpha value is -0.970. The normalized spacial score (nSPS) is 28.7. The van der Waals surface area contributed by atoms with Crippen LogP contribution in [0.15, 0.2) is 24.3 Å². The lowest BCUT2D eigenvalue weighted by molar-refractivity contribution is 0.0604. The number of aliphatic hydroxyl groups is 1. The third kappa shape index (κ3) is 3.82. The highest BCUT2D eigenvalue weighted by atomic mass is 19.1. The highest BCUT2D eigenvalue weighted by molar-refractivity contribution is 5.20. The Bertz CT molecular complexity index is 462. The van der Waals surface area contributed by atoms with Crippen LogP contribution in [0, 0.1) is 11.7 Å². The minimum absolute atomic E-state index is 0.0386. The predicted molar refractivity (Wildman–Crippen MR) is 79.5 cm³/mol. The molecule has 0 unspecified atom stereocenters. The van der Waals surface area contributed by atoms with Gasteiger partial charge in [-0.05, 0) is 55.7 Å². The molecule has 2 fully saturated rings. The highest BCUT2D eigenvalue weighted by Gasteiger charge is 2.31. The maximum absolute atomic E-state index is 13.3. The van der Waals surface area contributed by atoms with Crippen molar-refractivity contribution in [3.63, 3.8) is 0 Å². The van der Waals surface area contributed by atoms with E-state index < -0.39 is 6.10 Å². The quantitative estimate of drug-likeness (QED) is 0.897. The Labute approximate surface area is 125 Å². The lowest BCUT2D eigenvalue weighted by atomic mass is 9.92. The zero-order valence-corrected chi connectivity index (χ0v) is 12.3. The van der Waals surface area contributed by atoms with Crippen LogP contribution in [-0.2, 0) is 4.74 Å². The van der Waals surface area contributed by atoms with Crippen LogP contribution < -0.4 is 5.32 Å². The summed E-state index contributed by atoms with van der Waals surface area (Å²) < 4.78 is 18.7. The average molecular weight is 293 g/mol. The van der Waals surface area contributed by atoms with Gasteiger partial charge in [-0.3, -0.25) is 0 Å². The first-order valence-corrected chi connectivity index (χ1v) is 7.99. The molecule has 0 spiro atoms. The van der Waals surface area contributed by atoms with E-state index in [2.05, 4.69) is 5.32 Å². The van der Waals surface area contributed by atoms with Gasteiger partial charge in [-0.2, -0.15) is 0 Å². The Morgan fingerprint density at radius 3 is 2.81 bits per heavy atom. The van der Waals surface area contributed by atoms with Crippen molar-refractivity contribution in [3.05, 3.63) is 35.6 Å². The second-order valence-electron chi connectivity index (χ2n) is 6.34. The summed E-state index contributed by atoms with van der Waals surface area (Å²) in [6.07, 6.45) is 4.88. The predicted octanol–water partition coefficient (Wildman–Crippen LogP) is 2.80. The van der Waals surface area contributed by atoms with Gasteiger partial charge >= 0.3 is 0 Å². The van der Waals surface area contributed by atoms with Crippen LogP contribution in [-0.4, -0.2) is 30.4 Å². The Kier molecular flexibility index (Phi) is 4.88. The van der Waals surface area contributed by atoms with Gasteiger partial charge in [0, 0.05) is 25.3 Å². The van der Waals surface area contributed by atoms with Crippen LogP contribution in [0.2, 0.25) is 0 Å². The van der Waals surface area contributed by atoms with Gasteiger partial charge in [-0.1, -0.05) is 12.1 Å². The lowest BCUT2D eigenvalue weighted by Gasteiger charge is -2.26. The largest absolute Gasteiger partial charge is 0.387 e. The number of ether oxygens (including phenoxy) is 1. The van der Waals surface area contributed by atoms with Gasteiger partial charge in [-0.15, -0.1) is 0 Å². The first kappa shape index (κ1) is 14.9. The fourth-order valence-electron chi connectivity index (χ4n) is 3.59. The molecule has 0 aromatic heterocycles. The molecule has 3 rings (SSSR count). The molecule has 0 bridgehead atoms. The number of benzene rings is 1. The summed E-state index contributed by atoms with van der Waals surface area (Å²) in [6, 6.07) is 6.80. The van der Waals surface area contributed by atoms with Gasteiger partial charge in [-0.25, -0.2) is 4.39 Å². The van der Waals surface area contributed by atoms with E-state index in [0.717, 1.165) is 51.2 Å². The number of rotatable bonds is 4. The van der Waals surface area contributed by atoms with Gasteiger partial charge in [0.25, 0.3) is 0 Å². The maximum atomic E-state index is 13.3. The molecule has 2 aliphatic heterocycles. The van der Waals surface area contributed by atoms with Crippen LogP contribution in [0.1, 0.15) is 43.8 Å². The van der Waals surface area contributed by atoms with Crippen molar-refractivity contribution in [2.24, 2.45) is 5.92 Å². The molecule has 3 atom stereocenters. The van der Waals surface area contributed by atoms with Gasteiger partial charge in [0.15, 0.2) is 0 Å². The van der Waals surface area contributed by atoms with E-state index in [4.69, 9.17) is 4.74 Å². The van der Waals surface area contributed by atoms with E-state index in [1.54, 1.807) is 12.1 Å². The first-order chi connectivity index (χ1) is 10.2. The standard InChI is InChI=1S/C17H24FNO2/c18-14-3-1-2-13(11-14)17(20)16-5-4-15(19-16)10-12-6-8-21-9-7-12/h1-3,11-12,15-17,19-20H,4-10H2/t15-,16+,17+/m0/s1. The van der Waals surface area contributed by atoms with Crippen LogP contribution in [0.4, 0.5) is 4.39 Å². The molecular formula is C17H24FNO2. The Balaban J connectivity index is 1.53. The molecule has 4 heteroatoms. The zero-order valence-electron chi connectivity index (χ0n) is 12.3. The second kappa shape index (κ2) is 6.86. The Morgan fingerprint density at radius 2 is 2.05 bits per heavy atom. The number of hydrogen-bond acceptors (Lipinski definition) is 3. The number of halogens is 1. The fourth-order valence-corrected chi connectivity index (χ4v) is 3.59. The molecular weight excluding hydrogens is 269 g/mol. The molecule has 0 amide bonds. The fraction of sp³-hybridized carbons (Fsp3) is 0.647. The summed E-state index contributed by atoms with van der Waals surface area (Å²) in [6.45, 7) is 1.76. The zero-order chi connectivity index (χ0) is 14.7. The van der Waals surface area contributed by atoms with E-state index in [1.165, 1.54) is 12.1 Å². The third-order valence-electron chi connectivity index (χ3n) is 4.81. The minimum Gasteiger partial charge on any atom is -0.387 e. The van der Waals surface area contributed by atoms with Crippen molar-refractivity contribution >= 4 is 0 Å². The van der Waals surface area contributed by atoms with Crippen molar-refractivity contribution in [1.29, 1.82) is 0 Å². The molecule has 0 saturated carbocycles. The third-order valence-corrected chi connectivity index (χ3v) is 4.81. The summed E-state index contributed by atoms with van der Waals surface area (Å²) in [7, 11) is 0. The molecule has 21 heavy (non-hydrogen) atoms. The van der Waals surface area contributed by atoms with Crippen molar-refractivity contribution in [2.75, 3.05) is 13.2 Å². The molecule has 0 aliphatic carbocycles. The van der Waals surface area contributed by atoms with Crippen molar-refractivity contribution < 1.29 is 14.2 Å². The van der Waals surface area contributed by atoms with Crippen LogP contribution in [0.25, 0.3) is 0 Å². The van der Waals surface area contributed by atoms with Crippen molar-refractivity contribution in [2.45, 2.75) is 50.3 Å². The monoisotopic (exact) mass is 293 g/mol. The molecule has 0 radical (unpaired) electrons. The van der Waals surface area contributed by atoms with E-state index in [1.807, 2.05) is 0 Å². The Morgan fingerprint density at radius 1 is 1.24 bits per heavy atom. The summed E-state index contributed by atoms with van der Waals surface area (Å²) >= 11 is 0. The van der Waals surface area contributed by atoms with E-state index in [9.17, 15) is 9.50 Å². The summed E-state index contributed by atoms with van der Waals surface area (Å²) in [5.41, 5.74) is 0.666. The van der Waals surface area contributed by atoms with Gasteiger partial charge in [0.2, 0.25) is 0 Å². The topological polar surface area (TPSA) is 41.5 Å². The SMILES string of the molecule is O[C@H](c1cccc(F)c1)[C@H]1CC[C@@H](CC2CCOCC2)N1. The number of hydrogen-bond donors (Lipinski definition) is 2. The van der Waals surface area contributed by atoms with Crippen LogP contribution >= 0.6 is 0 Å². The second-order valence-corrected chi connectivity index (χ2v) is 6.34. The molecule has 2 N–H and O–H groups in total. The molecule has 2 aliphatic rings. The van der Waals surface area contributed by atoms with Crippen molar-refractivity contribution in [1.82, 2.24) is 5.32 Å². The minimum atomic E-state index is -0.625. The molecule has 1 aromatic carbocycles. The van der Waals surface area contributed by atoms with Gasteiger partial charge in [0.05, 0.1) is 6.10 Å². The van der Waals surface area contributed by atoms with Crippen molar-refractivity contribution in [3.8, 4) is 0 Å². The maximum Gasteiger partial charge on any atom is 0.123 e. The number of nitrogens with one attached hydrogen (secondary N) is 1. The van der Waals surface area contributed by atoms with E-state index in [0.29, 0.717) is 11.6 Å². The lowest BCUT2D eigenvalue weighted by Crippen LogP contribution is -2.35. The first-order valence-electron chi connectivity index (χ1n) is 7.99. The molecule has 2 saturated heterocycles. The van der Waals surface area contributed by atoms with Crippen LogP contribution in [0.3, 0.4) is 0 Å². The van der Waals surface area contributed by atoms with Gasteiger partial charge in [0.1, 0.15) is 5.82 Å². The molecule has 2 heterocycles. The molecule has 1 aromatic rings. The summed E-state index contributed by atoms with van der Waals surface area (Å²) in [5.74, 6) is 0.449. The molecule has 3 nitrogen and oxygen atoms in total. The van der Waals surface area contributed by atoms with Crippen LogP contribution in [0.5, 0.6) is 0 Å². The summed E-state index contributed by atoms with van der Waals surface area (Å²) in [4.78, 5) is 0.